The van der Waals surface area contributed by atoms with Crippen molar-refractivity contribution < 1.29 is 4.79 Å². The van der Waals surface area contributed by atoms with Crippen LogP contribution in [0.1, 0.15) is 39.5 Å². The van der Waals surface area contributed by atoms with Crippen LogP contribution in [0.2, 0.25) is 0 Å². The average Bonchev–Trinajstić information content (AvgIpc) is 1.87. The fourth-order valence-corrected chi connectivity index (χ4v) is 0.856. The van der Waals surface area contributed by atoms with Gasteiger partial charge in [0.1, 0.15) is 5.78 Å². The molecule has 0 unspecified atom stereocenters. The van der Waals surface area contributed by atoms with Crippen molar-refractivity contribution in [2.24, 2.45) is 0 Å². The van der Waals surface area contributed by atoms with Gasteiger partial charge < -0.3 is 4.79 Å². The van der Waals surface area contributed by atoms with Crippen molar-refractivity contribution in [2.45, 2.75) is 39.5 Å². The molecule has 0 aliphatic rings. The number of ketones is 1. The molecule has 0 aromatic heterocycles. The fourth-order valence-electron chi connectivity index (χ4n) is 0.711. The van der Waals surface area contributed by atoms with Gasteiger partial charge in [-0.25, -0.2) is 0 Å². The molecule has 0 aromatic carbocycles. The Balaban J connectivity index is 3.20. The van der Waals surface area contributed by atoms with Gasteiger partial charge in [-0.1, -0.05) is 19.1 Å². The van der Waals surface area contributed by atoms with Crippen molar-refractivity contribution in [3.8, 4) is 0 Å². The summed E-state index contributed by atoms with van der Waals surface area (Å²) in [5.41, 5.74) is 0. The molecule has 0 saturated carbocycles. The molecule has 0 amide bonds. The van der Waals surface area contributed by atoms with Crippen LogP contribution in [0.3, 0.4) is 0 Å². The van der Waals surface area contributed by atoms with Gasteiger partial charge in [0.2, 0.25) is 0 Å². The molecule has 0 rings (SSSR count). The molecule has 2 heteroatoms. The molecule has 58 valence electrons. The molecule has 0 heterocycles. The first-order chi connectivity index (χ1) is 4.66. The highest BCUT2D eigenvalue weighted by atomic mass is 32.1. The van der Waals surface area contributed by atoms with Gasteiger partial charge in [-0.3, -0.25) is 0 Å². The number of hydrogen-bond acceptors (Lipinski definition) is 2. The summed E-state index contributed by atoms with van der Waals surface area (Å²) in [7, 11) is 0. The zero-order valence-electron chi connectivity index (χ0n) is 6.64. The van der Waals surface area contributed by atoms with Crippen LogP contribution in [-0.4, -0.2) is 10.6 Å². The minimum Gasteiger partial charge on any atom is -0.300 e. The second-order valence-electron chi connectivity index (χ2n) is 2.45. The highest BCUT2D eigenvalue weighted by molar-refractivity contribution is 7.80. The van der Waals surface area contributed by atoms with Crippen LogP contribution in [0.15, 0.2) is 0 Å². The second-order valence-corrected chi connectivity index (χ2v) is 3.03. The summed E-state index contributed by atoms with van der Waals surface area (Å²) in [6.07, 6.45) is 3.51. The number of carbonyl (C=O) groups excluding carboxylic acids is 1. The summed E-state index contributed by atoms with van der Waals surface area (Å²) in [6, 6.07) is 0. The van der Waals surface area contributed by atoms with Crippen LogP contribution in [0.4, 0.5) is 0 Å². The van der Waals surface area contributed by atoms with Gasteiger partial charge in [-0.2, -0.15) is 0 Å². The van der Waals surface area contributed by atoms with Gasteiger partial charge in [-0.15, -0.1) is 0 Å². The van der Waals surface area contributed by atoms with Crippen molar-refractivity contribution in [3.05, 3.63) is 0 Å². The van der Waals surface area contributed by atoms with E-state index in [0.717, 1.165) is 24.1 Å². The summed E-state index contributed by atoms with van der Waals surface area (Å²) >= 11 is 5.00. The third-order valence-electron chi connectivity index (χ3n) is 1.38. The molecule has 0 atom stereocenters. The Morgan fingerprint density at radius 3 is 2.40 bits per heavy atom. The predicted molar refractivity (Wildman–Crippen MR) is 47.4 cm³/mol. The third kappa shape index (κ3) is 5.89. The van der Waals surface area contributed by atoms with E-state index < -0.39 is 0 Å². The first-order valence-electron chi connectivity index (χ1n) is 3.68. The van der Waals surface area contributed by atoms with Crippen molar-refractivity contribution >= 4 is 22.9 Å². The molecule has 0 spiro atoms. The van der Waals surface area contributed by atoms with Gasteiger partial charge in [0, 0.05) is 6.42 Å². The molecule has 0 fully saturated rings. The maximum absolute atomic E-state index is 10.5. The van der Waals surface area contributed by atoms with Crippen LogP contribution in [0.25, 0.3) is 0 Å². The van der Waals surface area contributed by atoms with Crippen molar-refractivity contribution in [3.63, 3.8) is 0 Å². The van der Waals surface area contributed by atoms with Crippen LogP contribution in [0, 0.1) is 0 Å². The highest BCUT2D eigenvalue weighted by Crippen LogP contribution is 2.00. The van der Waals surface area contributed by atoms with Gasteiger partial charge in [0.05, 0.1) is 0 Å². The molecular formula is C8H14OS. The Hall–Kier alpha value is -0.240. The van der Waals surface area contributed by atoms with E-state index in [1.807, 2.05) is 0 Å². The Morgan fingerprint density at radius 1 is 1.40 bits per heavy atom. The van der Waals surface area contributed by atoms with E-state index in [0.29, 0.717) is 6.42 Å². The lowest BCUT2D eigenvalue weighted by Gasteiger charge is -1.96. The molecular weight excluding hydrogens is 144 g/mol. The number of hydrogen-bond donors (Lipinski definition) is 0. The van der Waals surface area contributed by atoms with Gasteiger partial charge >= 0.3 is 0 Å². The van der Waals surface area contributed by atoms with E-state index in [-0.39, 0.29) is 5.78 Å². The first kappa shape index (κ1) is 9.76. The largest absolute Gasteiger partial charge is 0.300 e. The molecule has 0 saturated heterocycles. The van der Waals surface area contributed by atoms with Gasteiger partial charge in [0.25, 0.3) is 0 Å². The molecule has 10 heavy (non-hydrogen) atoms. The SMILES string of the molecule is CCC(=S)CCCC(C)=O. The van der Waals surface area contributed by atoms with E-state index in [2.05, 4.69) is 6.92 Å². The maximum atomic E-state index is 10.5. The standard InChI is InChI=1S/C8H14OS/c1-3-8(10)6-4-5-7(2)9/h3-6H2,1-2H3. The van der Waals surface area contributed by atoms with Crippen LogP contribution < -0.4 is 0 Å². The van der Waals surface area contributed by atoms with Crippen LogP contribution in [-0.2, 0) is 4.79 Å². The number of carbonyl (C=O) groups is 1. The van der Waals surface area contributed by atoms with E-state index in [4.69, 9.17) is 12.2 Å². The number of rotatable bonds is 5. The van der Waals surface area contributed by atoms with E-state index in [9.17, 15) is 4.79 Å². The summed E-state index contributed by atoms with van der Waals surface area (Å²) < 4.78 is 0. The Labute approximate surface area is 67.8 Å². The normalized spacial score (nSPS) is 9.40. The molecule has 0 bridgehead atoms. The van der Waals surface area contributed by atoms with E-state index in [1.54, 1.807) is 6.92 Å². The van der Waals surface area contributed by atoms with Crippen molar-refractivity contribution in [2.75, 3.05) is 0 Å². The summed E-state index contributed by atoms with van der Waals surface area (Å²) in [6.45, 7) is 3.67. The fraction of sp³-hybridized carbons (Fsp3) is 0.750. The van der Waals surface area contributed by atoms with Crippen LogP contribution in [0.5, 0.6) is 0 Å². The Bertz CT molecular complexity index is 129. The smallest absolute Gasteiger partial charge is 0.129 e. The first-order valence-corrected chi connectivity index (χ1v) is 4.08. The lowest BCUT2D eigenvalue weighted by atomic mass is 10.1. The van der Waals surface area contributed by atoms with Crippen molar-refractivity contribution in [1.82, 2.24) is 0 Å². The molecule has 0 N–H and O–H groups in total. The second kappa shape index (κ2) is 5.54. The third-order valence-corrected chi connectivity index (χ3v) is 1.87. The quantitative estimate of drug-likeness (QED) is 0.572. The molecule has 1 nitrogen and oxygen atoms in total. The summed E-state index contributed by atoms with van der Waals surface area (Å²) in [5, 5.41) is 0. The molecule has 0 radical (unpaired) electrons. The van der Waals surface area contributed by atoms with Crippen LogP contribution >= 0.6 is 12.2 Å². The predicted octanol–water partition coefficient (Wildman–Crippen LogP) is 2.53. The van der Waals surface area contributed by atoms with Gasteiger partial charge in [0.15, 0.2) is 0 Å². The summed E-state index contributed by atoms with van der Waals surface area (Å²) in [5.74, 6) is 0.263. The highest BCUT2D eigenvalue weighted by Gasteiger charge is 1.95. The monoisotopic (exact) mass is 158 g/mol. The minimum absolute atomic E-state index is 0.263. The lowest BCUT2D eigenvalue weighted by molar-refractivity contribution is -0.117. The van der Waals surface area contributed by atoms with Gasteiger partial charge in [-0.05, 0) is 31.1 Å². The molecule has 0 aromatic rings. The maximum Gasteiger partial charge on any atom is 0.129 e. The minimum atomic E-state index is 0.263. The summed E-state index contributed by atoms with van der Waals surface area (Å²) in [4.78, 5) is 11.6. The topological polar surface area (TPSA) is 17.1 Å². The molecule has 0 aliphatic carbocycles. The Morgan fingerprint density at radius 2 is 2.00 bits per heavy atom. The Kier molecular flexibility index (Phi) is 5.40. The average molecular weight is 158 g/mol. The zero-order chi connectivity index (χ0) is 7.98. The van der Waals surface area contributed by atoms with E-state index >= 15 is 0 Å². The lowest BCUT2D eigenvalue weighted by Crippen LogP contribution is -1.95. The number of Topliss-reactive ketones (excluding diaryl/α,β-unsaturated/α-hetero) is 1. The number of thiocarbonyl (C=S) groups is 1. The molecule has 0 aliphatic heterocycles. The van der Waals surface area contributed by atoms with E-state index in [1.165, 1.54) is 0 Å². The zero-order valence-corrected chi connectivity index (χ0v) is 7.46. The van der Waals surface area contributed by atoms with Crippen molar-refractivity contribution in [1.29, 1.82) is 0 Å².